The van der Waals surface area contributed by atoms with Crippen molar-refractivity contribution in [2.24, 2.45) is 0 Å². The molecule has 0 saturated carbocycles. The maximum Gasteiger partial charge on any atom is 0.416 e. The summed E-state index contributed by atoms with van der Waals surface area (Å²) < 4.78 is 51.3. The Labute approximate surface area is 266 Å². The molecule has 42 heavy (non-hydrogen) atoms. The van der Waals surface area contributed by atoms with Crippen LogP contribution in [0.4, 0.5) is 23.7 Å². The van der Waals surface area contributed by atoms with Gasteiger partial charge >= 0.3 is 6.18 Å². The van der Waals surface area contributed by atoms with Gasteiger partial charge in [0.05, 0.1) is 20.6 Å². The summed E-state index contributed by atoms with van der Waals surface area (Å²) in [6.45, 7) is 1.61. The molecule has 1 saturated heterocycles. The number of carbonyl (C=O) groups excluding carboxylic acids is 3. The van der Waals surface area contributed by atoms with Crippen LogP contribution in [0.5, 0.6) is 11.5 Å². The molecule has 0 radical (unpaired) electrons. The fourth-order valence-electron chi connectivity index (χ4n) is 3.77. The zero-order chi connectivity index (χ0) is 30.6. The Morgan fingerprint density at radius 1 is 1.10 bits per heavy atom. The fourth-order valence-corrected chi connectivity index (χ4v) is 5.85. The number of carbonyl (C=O) groups is 3. The largest absolute Gasteiger partial charge is 0.490 e. The predicted octanol–water partition coefficient (Wildman–Crippen LogP) is 8.27. The number of halogens is 6. The second-order valence-electron chi connectivity index (χ2n) is 8.68. The highest BCUT2D eigenvalue weighted by atomic mass is 127. The van der Waals surface area contributed by atoms with Crippen molar-refractivity contribution in [3.05, 3.63) is 89.8 Å². The Kier molecular flexibility index (Phi) is 10.3. The fraction of sp³-hybridized carbons (Fsp3) is 0.179. The van der Waals surface area contributed by atoms with Crippen LogP contribution in [0.15, 0.2) is 59.5 Å². The number of rotatable bonds is 9. The van der Waals surface area contributed by atoms with Gasteiger partial charge in [0.15, 0.2) is 11.5 Å². The van der Waals surface area contributed by atoms with Gasteiger partial charge in [-0.2, -0.15) is 13.2 Å². The average Bonchev–Trinajstić information content (AvgIpc) is 3.16. The number of ether oxygens (including phenoxy) is 2. The standard InChI is InChI=1S/C28H20Cl2F3IN2O5S/c1-2-40-22-9-15(8-21(34)25(22)41-14-16-6-7-18(29)12-20(16)30)10-23-26(38)36(27(39)42-23)13-24(37)35-19-5-3-4-17(11-19)28(31,32)33/h3-12H,2,13-14H2,1H3,(H,35,37)/b23-10-. The highest BCUT2D eigenvalue weighted by Gasteiger charge is 2.36. The summed E-state index contributed by atoms with van der Waals surface area (Å²) in [7, 11) is 0. The van der Waals surface area contributed by atoms with Gasteiger partial charge in [-0.25, -0.2) is 0 Å². The molecule has 0 spiro atoms. The number of anilines is 1. The maximum absolute atomic E-state index is 13.0. The van der Waals surface area contributed by atoms with E-state index in [4.69, 9.17) is 32.7 Å². The van der Waals surface area contributed by atoms with Crippen molar-refractivity contribution in [2.75, 3.05) is 18.5 Å². The number of thioether (sulfide) groups is 1. The van der Waals surface area contributed by atoms with E-state index < -0.39 is 35.3 Å². The van der Waals surface area contributed by atoms with E-state index in [0.29, 0.717) is 54.6 Å². The predicted molar refractivity (Wildman–Crippen MR) is 164 cm³/mol. The molecule has 14 heteroatoms. The number of hydrogen-bond acceptors (Lipinski definition) is 6. The quantitative estimate of drug-likeness (QED) is 0.175. The van der Waals surface area contributed by atoms with Gasteiger partial charge in [-0.3, -0.25) is 19.3 Å². The molecule has 1 heterocycles. The second-order valence-corrected chi connectivity index (χ2v) is 11.7. The zero-order valence-corrected chi connectivity index (χ0v) is 26.0. The molecule has 1 N–H and O–H groups in total. The van der Waals surface area contributed by atoms with E-state index in [9.17, 15) is 27.6 Å². The van der Waals surface area contributed by atoms with Crippen LogP contribution in [-0.2, 0) is 22.4 Å². The van der Waals surface area contributed by atoms with Gasteiger partial charge in [0.2, 0.25) is 5.91 Å². The monoisotopic (exact) mass is 750 g/mol. The lowest BCUT2D eigenvalue weighted by atomic mass is 10.1. The van der Waals surface area contributed by atoms with Crippen LogP contribution in [0.25, 0.3) is 6.08 Å². The molecule has 0 aromatic heterocycles. The van der Waals surface area contributed by atoms with Crippen molar-refractivity contribution in [3.8, 4) is 11.5 Å². The summed E-state index contributed by atoms with van der Waals surface area (Å²) >= 11 is 14.9. The normalized spacial score (nSPS) is 14.5. The van der Waals surface area contributed by atoms with Crippen LogP contribution < -0.4 is 14.8 Å². The zero-order valence-electron chi connectivity index (χ0n) is 21.6. The average molecular weight is 751 g/mol. The molecule has 0 aliphatic carbocycles. The summed E-state index contributed by atoms with van der Waals surface area (Å²) in [5, 5.41) is 2.55. The molecule has 3 aromatic rings. The first-order valence-corrected chi connectivity index (χ1v) is 14.8. The van der Waals surface area contributed by atoms with E-state index in [0.717, 1.165) is 23.1 Å². The van der Waals surface area contributed by atoms with Crippen LogP contribution in [0, 0.1) is 3.57 Å². The lowest BCUT2D eigenvalue weighted by Gasteiger charge is -2.15. The third-order valence-corrected chi connectivity index (χ3v) is 7.96. The summed E-state index contributed by atoms with van der Waals surface area (Å²) in [5.74, 6) is -0.677. The minimum atomic E-state index is -4.59. The summed E-state index contributed by atoms with van der Waals surface area (Å²) in [6, 6.07) is 12.5. The van der Waals surface area contributed by atoms with Gasteiger partial charge in [-0.05, 0) is 95.4 Å². The molecule has 4 rings (SSSR count). The molecule has 1 fully saturated rings. The first-order chi connectivity index (χ1) is 19.8. The second kappa shape index (κ2) is 13.6. The molecule has 7 nitrogen and oxygen atoms in total. The van der Waals surface area contributed by atoms with Crippen LogP contribution in [0.2, 0.25) is 10.0 Å². The first-order valence-electron chi connectivity index (χ1n) is 12.1. The van der Waals surface area contributed by atoms with Gasteiger partial charge < -0.3 is 14.8 Å². The minimum absolute atomic E-state index is 0.0618. The van der Waals surface area contributed by atoms with E-state index in [1.54, 1.807) is 37.3 Å². The third-order valence-electron chi connectivity index (χ3n) is 5.67. The topological polar surface area (TPSA) is 84.9 Å². The van der Waals surface area contributed by atoms with Crippen molar-refractivity contribution >= 4 is 86.4 Å². The van der Waals surface area contributed by atoms with Crippen LogP contribution in [0.3, 0.4) is 0 Å². The van der Waals surface area contributed by atoms with Gasteiger partial charge in [-0.15, -0.1) is 0 Å². The summed E-state index contributed by atoms with van der Waals surface area (Å²) in [6.07, 6.45) is -3.10. The van der Waals surface area contributed by atoms with E-state index in [1.807, 2.05) is 0 Å². The molecular weight excluding hydrogens is 731 g/mol. The minimum Gasteiger partial charge on any atom is -0.490 e. The van der Waals surface area contributed by atoms with E-state index in [2.05, 4.69) is 27.9 Å². The molecule has 3 amide bonds. The highest BCUT2D eigenvalue weighted by molar-refractivity contribution is 14.1. The van der Waals surface area contributed by atoms with Crippen LogP contribution in [0.1, 0.15) is 23.6 Å². The van der Waals surface area contributed by atoms with Gasteiger partial charge in [0, 0.05) is 21.3 Å². The lowest BCUT2D eigenvalue weighted by molar-refractivity contribution is -0.137. The smallest absolute Gasteiger partial charge is 0.416 e. The number of imide groups is 1. The Bertz CT molecular complexity index is 1590. The Morgan fingerprint density at radius 3 is 2.55 bits per heavy atom. The summed E-state index contributed by atoms with van der Waals surface area (Å²) in [4.78, 5) is 38.8. The Hall–Kier alpha value is -2.94. The number of benzene rings is 3. The van der Waals surface area contributed by atoms with Crippen molar-refractivity contribution < 1.29 is 37.0 Å². The van der Waals surface area contributed by atoms with Gasteiger partial charge in [0.1, 0.15) is 13.2 Å². The molecule has 0 atom stereocenters. The van der Waals surface area contributed by atoms with E-state index in [1.165, 1.54) is 12.1 Å². The third kappa shape index (κ3) is 7.91. The Balaban J connectivity index is 1.48. The molecule has 0 unspecified atom stereocenters. The Morgan fingerprint density at radius 2 is 1.86 bits per heavy atom. The highest BCUT2D eigenvalue weighted by Crippen LogP contribution is 2.38. The van der Waals surface area contributed by atoms with Gasteiger partial charge in [0.25, 0.3) is 11.1 Å². The molecule has 1 aliphatic rings. The van der Waals surface area contributed by atoms with Crippen molar-refractivity contribution in [1.82, 2.24) is 4.90 Å². The van der Waals surface area contributed by atoms with Crippen molar-refractivity contribution in [3.63, 3.8) is 0 Å². The molecule has 1 aliphatic heterocycles. The van der Waals surface area contributed by atoms with E-state index >= 15 is 0 Å². The number of alkyl halides is 3. The number of nitrogens with zero attached hydrogens (tertiary/aromatic N) is 1. The van der Waals surface area contributed by atoms with Crippen molar-refractivity contribution in [1.29, 1.82) is 0 Å². The molecule has 3 aromatic carbocycles. The maximum atomic E-state index is 13.0. The molecular formula is C28H20Cl2F3IN2O5S. The van der Waals surface area contributed by atoms with Crippen molar-refractivity contribution in [2.45, 2.75) is 19.7 Å². The van der Waals surface area contributed by atoms with Crippen LogP contribution in [-0.4, -0.2) is 35.1 Å². The van der Waals surface area contributed by atoms with Gasteiger partial charge in [-0.1, -0.05) is 35.3 Å². The molecule has 220 valence electrons. The SMILES string of the molecule is CCOc1cc(/C=C2\SC(=O)N(CC(=O)Nc3cccc(C(F)(F)F)c3)C2=O)cc(I)c1OCc1ccc(Cl)cc1Cl. The number of amides is 3. The lowest BCUT2D eigenvalue weighted by Crippen LogP contribution is -2.36. The van der Waals surface area contributed by atoms with Crippen LogP contribution >= 0.6 is 57.6 Å². The molecule has 0 bridgehead atoms. The number of hydrogen-bond donors (Lipinski definition) is 1. The number of nitrogens with one attached hydrogen (secondary N) is 1. The first kappa shape index (κ1) is 32.0. The van der Waals surface area contributed by atoms with E-state index in [-0.39, 0.29) is 17.2 Å². The summed E-state index contributed by atoms with van der Waals surface area (Å²) in [5.41, 5.74) is 0.199.